The topological polar surface area (TPSA) is 53.1 Å². The van der Waals surface area contributed by atoms with Gasteiger partial charge in [-0.05, 0) is 56.9 Å². The van der Waals surface area contributed by atoms with E-state index in [0.717, 1.165) is 36.1 Å². The largest absolute Gasteiger partial charge is 0.372 e. The van der Waals surface area contributed by atoms with E-state index in [4.69, 9.17) is 0 Å². The quantitative estimate of drug-likeness (QED) is 0.714. The molecule has 1 aromatic carbocycles. The molecule has 0 unspecified atom stereocenters. The van der Waals surface area contributed by atoms with Crippen LogP contribution in [-0.2, 0) is 0 Å². The molecule has 0 bridgehead atoms. The van der Waals surface area contributed by atoms with Crippen molar-refractivity contribution in [3.05, 3.63) is 36.2 Å². The van der Waals surface area contributed by atoms with Crippen LogP contribution in [0, 0.1) is 6.92 Å². The molecule has 0 atom stereocenters. The predicted octanol–water partition coefficient (Wildman–Crippen LogP) is 4.73. The van der Waals surface area contributed by atoms with Crippen molar-refractivity contribution in [2.45, 2.75) is 46.0 Å². The number of unbranched alkanes of at least 4 members (excludes halogenated alkanes) is 1. The Morgan fingerprint density at radius 2 is 1.72 bits per heavy atom. The van der Waals surface area contributed by atoms with Crippen molar-refractivity contribution in [2.75, 3.05) is 35.2 Å². The van der Waals surface area contributed by atoms with E-state index in [1.54, 1.807) is 0 Å². The molecule has 2 heterocycles. The van der Waals surface area contributed by atoms with Crippen LogP contribution in [0.2, 0.25) is 0 Å². The zero-order valence-electron chi connectivity index (χ0n) is 15.4. The maximum Gasteiger partial charge on any atom is 0.136 e. The number of rotatable bonds is 7. The number of hydrogen-bond acceptors (Lipinski definition) is 5. The highest BCUT2D eigenvalue weighted by Crippen LogP contribution is 2.23. The second-order valence-corrected chi connectivity index (χ2v) is 6.69. The number of aryl methyl sites for hydroxylation is 1. The highest BCUT2D eigenvalue weighted by atomic mass is 15.1. The summed E-state index contributed by atoms with van der Waals surface area (Å²) in [5, 5.41) is 6.76. The summed E-state index contributed by atoms with van der Waals surface area (Å²) in [6.45, 7) is 7.40. The van der Waals surface area contributed by atoms with Gasteiger partial charge in [-0.15, -0.1) is 0 Å². The Kier molecular flexibility index (Phi) is 6.09. The van der Waals surface area contributed by atoms with Crippen LogP contribution in [0.3, 0.4) is 0 Å². The van der Waals surface area contributed by atoms with Crippen LogP contribution in [0.1, 0.15) is 44.9 Å². The maximum atomic E-state index is 4.50. The number of nitrogens with one attached hydrogen (secondary N) is 2. The molecule has 5 heteroatoms. The van der Waals surface area contributed by atoms with Gasteiger partial charge in [0.25, 0.3) is 0 Å². The number of hydrogen-bond donors (Lipinski definition) is 2. The van der Waals surface area contributed by atoms with Gasteiger partial charge in [0.2, 0.25) is 0 Å². The Morgan fingerprint density at radius 3 is 2.44 bits per heavy atom. The average molecular weight is 339 g/mol. The van der Waals surface area contributed by atoms with Crippen LogP contribution in [-0.4, -0.2) is 29.6 Å². The molecule has 0 saturated carbocycles. The summed E-state index contributed by atoms with van der Waals surface area (Å²) in [7, 11) is 0. The van der Waals surface area contributed by atoms with E-state index in [1.165, 1.54) is 44.5 Å². The maximum absolute atomic E-state index is 4.50. The lowest BCUT2D eigenvalue weighted by atomic mass is 10.1. The van der Waals surface area contributed by atoms with Gasteiger partial charge < -0.3 is 15.5 Å². The second kappa shape index (κ2) is 8.70. The third-order valence-electron chi connectivity index (χ3n) is 4.54. The van der Waals surface area contributed by atoms with Crippen LogP contribution in [0.5, 0.6) is 0 Å². The number of benzene rings is 1. The molecule has 5 nitrogen and oxygen atoms in total. The van der Waals surface area contributed by atoms with Crippen molar-refractivity contribution in [3.63, 3.8) is 0 Å². The fraction of sp³-hybridized carbons (Fsp3) is 0.500. The summed E-state index contributed by atoms with van der Waals surface area (Å²) >= 11 is 0. The molecule has 0 radical (unpaired) electrons. The van der Waals surface area contributed by atoms with Gasteiger partial charge in [0, 0.05) is 37.1 Å². The minimum absolute atomic E-state index is 0.772. The number of anilines is 4. The van der Waals surface area contributed by atoms with Crippen LogP contribution in [0.15, 0.2) is 30.3 Å². The van der Waals surface area contributed by atoms with E-state index >= 15 is 0 Å². The van der Waals surface area contributed by atoms with Crippen molar-refractivity contribution in [3.8, 4) is 0 Å². The molecule has 1 saturated heterocycles. The van der Waals surface area contributed by atoms with Gasteiger partial charge in [-0.1, -0.05) is 13.3 Å². The van der Waals surface area contributed by atoms with Crippen molar-refractivity contribution >= 4 is 23.0 Å². The lowest BCUT2D eigenvalue weighted by molar-refractivity contribution is 0.578. The molecule has 0 amide bonds. The van der Waals surface area contributed by atoms with E-state index in [9.17, 15) is 0 Å². The first-order valence-corrected chi connectivity index (χ1v) is 9.46. The molecule has 1 aromatic heterocycles. The zero-order chi connectivity index (χ0) is 17.5. The predicted molar refractivity (Wildman–Crippen MR) is 106 cm³/mol. The highest BCUT2D eigenvalue weighted by molar-refractivity contribution is 5.62. The summed E-state index contributed by atoms with van der Waals surface area (Å²) in [5.74, 6) is 2.49. The summed E-state index contributed by atoms with van der Waals surface area (Å²) < 4.78 is 0. The summed E-state index contributed by atoms with van der Waals surface area (Å²) in [6, 6.07) is 10.6. The van der Waals surface area contributed by atoms with Gasteiger partial charge in [0.1, 0.15) is 17.5 Å². The molecular weight excluding hydrogens is 310 g/mol. The first-order valence-electron chi connectivity index (χ1n) is 9.46. The molecule has 2 aromatic rings. The van der Waals surface area contributed by atoms with E-state index in [1.807, 2.05) is 13.0 Å². The second-order valence-electron chi connectivity index (χ2n) is 6.69. The standard InChI is InChI=1S/C20H29N5/c1-3-4-12-21-19-15-20(23-16(2)22-19)24-17-8-10-18(11-9-17)25-13-6-5-7-14-25/h8-11,15H,3-7,12-14H2,1-2H3,(H2,21,22,23,24). The number of nitrogens with zero attached hydrogens (tertiary/aromatic N) is 3. The molecule has 25 heavy (non-hydrogen) atoms. The third kappa shape index (κ3) is 5.08. The van der Waals surface area contributed by atoms with Gasteiger partial charge in [-0.2, -0.15) is 0 Å². The molecule has 0 spiro atoms. The van der Waals surface area contributed by atoms with Crippen molar-refractivity contribution in [2.24, 2.45) is 0 Å². The molecule has 1 fully saturated rings. The first kappa shape index (κ1) is 17.5. The number of piperidine rings is 1. The minimum atomic E-state index is 0.772. The van der Waals surface area contributed by atoms with Crippen LogP contribution < -0.4 is 15.5 Å². The molecule has 2 N–H and O–H groups in total. The van der Waals surface area contributed by atoms with Crippen LogP contribution in [0.25, 0.3) is 0 Å². The van der Waals surface area contributed by atoms with Gasteiger partial charge in [0.05, 0.1) is 0 Å². The number of aromatic nitrogens is 2. The Labute approximate surface area is 150 Å². The fourth-order valence-electron chi connectivity index (χ4n) is 3.17. The van der Waals surface area contributed by atoms with Gasteiger partial charge >= 0.3 is 0 Å². The molecule has 1 aliphatic rings. The summed E-state index contributed by atoms with van der Waals surface area (Å²) in [5.41, 5.74) is 2.37. The normalized spacial score (nSPS) is 14.4. The van der Waals surface area contributed by atoms with Crippen LogP contribution >= 0.6 is 0 Å². The summed E-state index contributed by atoms with van der Waals surface area (Å²) in [4.78, 5) is 11.4. The van der Waals surface area contributed by atoms with E-state index in [0.29, 0.717) is 0 Å². The van der Waals surface area contributed by atoms with E-state index in [-0.39, 0.29) is 0 Å². The van der Waals surface area contributed by atoms with Crippen LogP contribution in [0.4, 0.5) is 23.0 Å². The van der Waals surface area contributed by atoms with E-state index in [2.05, 4.69) is 56.7 Å². The Morgan fingerprint density at radius 1 is 1.00 bits per heavy atom. The van der Waals surface area contributed by atoms with Gasteiger partial charge in [-0.25, -0.2) is 9.97 Å². The van der Waals surface area contributed by atoms with Crippen molar-refractivity contribution in [1.29, 1.82) is 0 Å². The highest BCUT2D eigenvalue weighted by Gasteiger charge is 2.10. The Hall–Kier alpha value is -2.30. The van der Waals surface area contributed by atoms with E-state index < -0.39 is 0 Å². The fourth-order valence-corrected chi connectivity index (χ4v) is 3.17. The molecule has 134 valence electrons. The lowest BCUT2D eigenvalue weighted by Crippen LogP contribution is -2.29. The SMILES string of the molecule is CCCCNc1cc(Nc2ccc(N3CCCCC3)cc2)nc(C)n1. The molecular formula is C20H29N5. The smallest absolute Gasteiger partial charge is 0.136 e. The minimum Gasteiger partial charge on any atom is -0.372 e. The monoisotopic (exact) mass is 339 g/mol. The Balaban J connectivity index is 1.65. The lowest BCUT2D eigenvalue weighted by Gasteiger charge is -2.28. The van der Waals surface area contributed by atoms with Crippen molar-refractivity contribution < 1.29 is 0 Å². The van der Waals surface area contributed by atoms with Crippen molar-refractivity contribution in [1.82, 2.24) is 9.97 Å². The zero-order valence-corrected chi connectivity index (χ0v) is 15.4. The first-order chi connectivity index (χ1) is 12.2. The van der Waals surface area contributed by atoms with Gasteiger partial charge in [0.15, 0.2) is 0 Å². The summed E-state index contributed by atoms with van der Waals surface area (Å²) in [6.07, 6.45) is 6.27. The van der Waals surface area contributed by atoms with Gasteiger partial charge in [-0.3, -0.25) is 0 Å². The molecule has 3 rings (SSSR count). The third-order valence-corrected chi connectivity index (χ3v) is 4.54. The molecule has 1 aliphatic heterocycles. The Bertz CT molecular complexity index is 662. The molecule has 0 aliphatic carbocycles. The average Bonchev–Trinajstić information content (AvgIpc) is 2.63.